The van der Waals surface area contributed by atoms with Crippen molar-refractivity contribution in [1.29, 1.82) is 0 Å². The van der Waals surface area contributed by atoms with Gasteiger partial charge in [-0.3, -0.25) is 11.3 Å². The van der Waals surface area contributed by atoms with Crippen molar-refractivity contribution in [1.82, 2.24) is 5.43 Å². The Hall–Kier alpha value is 0.230. The van der Waals surface area contributed by atoms with Crippen LogP contribution in [0.3, 0.4) is 0 Å². The van der Waals surface area contributed by atoms with Gasteiger partial charge in [-0.15, -0.1) is 0 Å². The number of hydrogen-bond donors (Lipinski definition) is 2. The summed E-state index contributed by atoms with van der Waals surface area (Å²) in [5.41, 5.74) is 3.40. The molecule has 5 atom stereocenters. The molecule has 4 heteroatoms. The molecule has 0 aromatic carbocycles. The summed E-state index contributed by atoms with van der Waals surface area (Å²) < 4.78 is 6.15. The first kappa shape index (κ1) is 12.9. The van der Waals surface area contributed by atoms with Crippen LogP contribution >= 0.6 is 11.8 Å². The number of hydrogen-bond acceptors (Lipinski definition) is 4. The molecule has 2 saturated heterocycles. The number of ether oxygens (including phenoxy) is 1. The number of hydrazine groups is 1. The lowest BCUT2D eigenvalue weighted by Gasteiger charge is -2.42. The summed E-state index contributed by atoms with van der Waals surface area (Å²) in [5, 5.41) is 0. The van der Waals surface area contributed by atoms with Crippen molar-refractivity contribution < 1.29 is 4.74 Å². The molecule has 2 aliphatic carbocycles. The summed E-state index contributed by atoms with van der Waals surface area (Å²) in [7, 11) is 0. The number of rotatable bonds is 3. The van der Waals surface area contributed by atoms with Gasteiger partial charge in [0.2, 0.25) is 0 Å². The molecular weight excluding hydrogens is 256 g/mol. The molecular formula is C15H26N2OS. The minimum absolute atomic E-state index is 0.199. The predicted molar refractivity (Wildman–Crippen MR) is 78.8 cm³/mol. The Morgan fingerprint density at radius 2 is 2.05 bits per heavy atom. The molecule has 4 aliphatic rings. The lowest BCUT2D eigenvalue weighted by atomic mass is 9.76. The van der Waals surface area contributed by atoms with Gasteiger partial charge in [0.25, 0.3) is 0 Å². The van der Waals surface area contributed by atoms with E-state index in [9.17, 15) is 0 Å². The van der Waals surface area contributed by atoms with E-state index in [-0.39, 0.29) is 5.60 Å². The lowest BCUT2D eigenvalue weighted by Crippen LogP contribution is -2.51. The Labute approximate surface area is 120 Å². The van der Waals surface area contributed by atoms with Crippen LogP contribution in [0, 0.1) is 23.7 Å². The summed E-state index contributed by atoms with van der Waals surface area (Å²) in [5.74, 6) is 12.1. The maximum atomic E-state index is 6.15. The Morgan fingerprint density at radius 1 is 1.21 bits per heavy atom. The molecule has 2 saturated carbocycles. The van der Waals surface area contributed by atoms with Crippen LogP contribution in [0.2, 0.25) is 0 Å². The van der Waals surface area contributed by atoms with Gasteiger partial charge in [-0.25, -0.2) is 0 Å². The van der Waals surface area contributed by atoms with Crippen LogP contribution in [-0.2, 0) is 4.74 Å². The molecule has 0 amide bonds. The van der Waals surface area contributed by atoms with Crippen molar-refractivity contribution in [3.05, 3.63) is 0 Å². The molecule has 2 aliphatic heterocycles. The summed E-state index contributed by atoms with van der Waals surface area (Å²) >= 11 is 2.06. The molecule has 3 N–H and O–H groups in total. The molecule has 0 aromatic heterocycles. The summed E-state index contributed by atoms with van der Waals surface area (Å²) in [6.45, 7) is 0.947. The van der Waals surface area contributed by atoms with Gasteiger partial charge in [0.05, 0.1) is 5.60 Å². The quantitative estimate of drug-likeness (QED) is 0.615. The van der Waals surface area contributed by atoms with Gasteiger partial charge in [-0.1, -0.05) is 0 Å². The van der Waals surface area contributed by atoms with Crippen molar-refractivity contribution in [3.8, 4) is 0 Å². The highest BCUT2D eigenvalue weighted by atomic mass is 32.2. The minimum atomic E-state index is 0.199. The van der Waals surface area contributed by atoms with Gasteiger partial charge in [-0.05, 0) is 67.9 Å². The molecule has 3 nitrogen and oxygen atoms in total. The average molecular weight is 282 g/mol. The fourth-order valence-corrected chi connectivity index (χ4v) is 6.33. The highest BCUT2D eigenvalue weighted by Gasteiger charge is 2.50. The Bertz CT molecular complexity index is 335. The van der Waals surface area contributed by atoms with Crippen molar-refractivity contribution in [2.24, 2.45) is 29.5 Å². The van der Waals surface area contributed by atoms with Crippen LogP contribution in [-0.4, -0.2) is 29.8 Å². The molecule has 2 heterocycles. The van der Waals surface area contributed by atoms with E-state index in [0.717, 1.165) is 30.3 Å². The molecule has 1 spiro atoms. The molecule has 108 valence electrons. The van der Waals surface area contributed by atoms with Crippen molar-refractivity contribution in [3.63, 3.8) is 0 Å². The zero-order valence-corrected chi connectivity index (χ0v) is 12.5. The van der Waals surface area contributed by atoms with Crippen LogP contribution in [0.4, 0.5) is 0 Å². The highest BCUT2D eigenvalue weighted by molar-refractivity contribution is 7.99. The van der Waals surface area contributed by atoms with Crippen LogP contribution in [0.15, 0.2) is 0 Å². The topological polar surface area (TPSA) is 47.3 Å². The number of fused-ring (bicyclic) bond motifs is 1. The van der Waals surface area contributed by atoms with Crippen LogP contribution in [0.5, 0.6) is 0 Å². The third-order valence-electron chi connectivity index (χ3n) is 6.09. The first-order chi connectivity index (χ1) is 9.30. The summed E-state index contributed by atoms with van der Waals surface area (Å²) in [4.78, 5) is 0. The molecule has 4 fully saturated rings. The molecule has 4 rings (SSSR count). The third-order valence-corrected chi connectivity index (χ3v) is 7.31. The standard InChI is InChI=1S/C15H26N2OS/c16-17-14(13-6-11-5-12(11)7-13)10-1-3-18-15(8-10)2-4-19-9-15/h10-14,17H,1-9,16H2. The zero-order valence-electron chi connectivity index (χ0n) is 11.6. The SMILES string of the molecule is NNC(C1CC2CC2C1)C1CCOC2(CCSC2)C1. The molecule has 19 heavy (non-hydrogen) atoms. The monoisotopic (exact) mass is 282 g/mol. The first-order valence-corrected chi connectivity index (χ1v) is 9.13. The predicted octanol–water partition coefficient (Wildman–Crippen LogP) is 2.17. The van der Waals surface area contributed by atoms with Gasteiger partial charge < -0.3 is 4.74 Å². The van der Waals surface area contributed by atoms with Crippen molar-refractivity contribution >= 4 is 11.8 Å². The van der Waals surface area contributed by atoms with E-state index in [1.807, 2.05) is 0 Å². The second kappa shape index (κ2) is 4.90. The van der Waals surface area contributed by atoms with Crippen LogP contribution in [0.25, 0.3) is 0 Å². The Morgan fingerprint density at radius 3 is 2.74 bits per heavy atom. The second-order valence-electron chi connectivity index (χ2n) is 7.27. The Kier molecular flexibility index (Phi) is 3.34. The largest absolute Gasteiger partial charge is 0.374 e. The van der Waals surface area contributed by atoms with Gasteiger partial charge in [0.15, 0.2) is 0 Å². The fraction of sp³-hybridized carbons (Fsp3) is 1.00. The van der Waals surface area contributed by atoms with Crippen LogP contribution < -0.4 is 11.3 Å². The minimum Gasteiger partial charge on any atom is -0.374 e. The maximum Gasteiger partial charge on any atom is 0.0783 e. The fourth-order valence-electron chi connectivity index (χ4n) is 4.95. The molecule has 0 aromatic rings. The van der Waals surface area contributed by atoms with E-state index in [4.69, 9.17) is 10.6 Å². The van der Waals surface area contributed by atoms with Gasteiger partial charge in [-0.2, -0.15) is 11.8 Å². The van der Waals surface area contributed by atoms with Gasteiger partial charge in [0, 0.05) is 18.4 Å². The van der Waals surface area contributed by atoms with Crippen molar-refractivity contribution in [2.75, 3.05) is 18.1 Å². The van der Waals surface area contributed by atoms with Gasteiger partial charge >= 0.3 is 0 Å². The number of nitrogens with one attached hydrogen (secondary N) is 1. The average Bonchev–Trinajstić information content (AvgIpc) is 2.84. The zero-order chi connectivity index (χ0) is 12.9. The molecule has 5 unspecified atom stereocenters. The molecule has 0 radical (unpaired) electrons. The van der Waals surface area contributed by atoms with E-state index in [1.165, 1.54) is 50.0 Å². The highest BCUT2D eigenvalue weighted by Crippen LogP contribution is 2.56. The number of thioether (sulfide) groups is 1. The van der Waals surface area contributed by atoms with Crippen LogP contribution in [0.1, 0.15) is 38.5 Å². The first-order valence-electron chi connectivity index (χ1n) is 7.97. The smallest absolute Gasteiger partial charge is 0.0783 e. The van der Waals surface area contributed by atoms with E-state index in [0.29, 0.717) is 6.04 Å². The lowest BCUT2D eigenvalue weighted by molar-refractivity contribution is -0.0885. The second-order valence-corrected chi connectivity index (χ2v) is 8.37. The van der Waals surface area contributed by atoms with Crippen molar-refractivity contribution in [2.45, 2.75) is 50.2 Å². The third kappa shape index (κ3) is 2.35. The van der Waals surface area contributed by atoms with Gasteiger partial charge in [0.1, 0.15) is 0 Å². The van der Waals surface area contributed by atoms with E-state index in [1.54, 1.807) is 0 Å². The maximum absolute atomic E-state index is 6.15. The van der Waals surface area contributed by atoms with E-state index >= 15 is 0 Å². The van der Waals surface area contributed by atoms with E-state index < -0.39 is 0 Å². The number of nitrogens with two attached hydrogens (primary N) is 1. The molecule has 0 bridgehead atoms. The summed E-state index contributed by atoms with van der Waals surface area (Å²) in [6.07, 6.45) is 8.05. The normalized spacial score (nSPS) is 50.4. The Balaban J connectivity index is 1.44. The van der Waals surface area contributed by atoms with E-state index in [2.05, 4.69) is 17.2 Å². The summed E-state index contributed by atoms with van der Waals surface area (Å²) in [6, 6.07) is 0.541.